The normalized spacial score (nSPS) is 13.8. The lowest BCUT2D eigenvalue weighted by molar-refractivity contribution is -0.121. The van der Waals surface area contributed by atoms with Gasteiger partial charge in [-0.15, -0.1) is 0 Å². The highest BCUT2D eigenvalue weighted by molar-refractivity contribution is 7.92. The van der Waals surface area contributed by atoms with Crippen molar-refractivity contribution in [3.63, 3.8) is 0 Å². The first-order valence-electron chi connectivity index (χ1n) is 10.7. The molecule has 0 saturated heterocycles. The number of carbonyl (C=O) groups excluding carboxylic acids is 1. The van der Waals surface area contributed by atoms with E-state index in [1.165, 1.54) is 4.31 Å². The molecule has 174 valence electrons. The highest BCUT2D eigenvalue weighted by atomic mass is 32.2. The maximum atomic E-state index is 12.4. The first kappa shape index (κ1) is 23.7. The van der Waals surface area contributed by atoms with Gasteiger partial charge in [0.1, 0.15) is 19.0 Å². The Morgan fingerprint density at radius 3 is 2.47 bits per heavy atom. The van der Waals surface area contributed by atoms with E-state index in [0.29, 0.717) is 49.2 Å². The maximum absolute atomic E-state index is 12.4. The zero-order valence-electron chi connectivity index (χ0n) is 18.7. The number of benzene rings is 2. The number of rotatable bonds is 10. The Labute approximate surface area is 189 Å². The molecule has 1 amide bonds. The minimum absolute atomic E-state index is 0.146. The molecule has 9 heteroatoms. The number of anilines is 1. The molecule has 0 aliphatic carbocycles. The Morgan fingerprint density at radius 1 is 1.12 bits per heavy atom. The fourth-order valence-electron chi connectivity index (χ4n) is 3.47. The van der Waals surface area contributed by atoms with E-state index in [-0.39, 0.29) is 24.9 Å². The molecular weight excluding hydrogens is 432 g/mol. The Hall–Kier alpha value is -2.94. The number of hydrogen-bond acceptors (Lipinski definition) is 6. The number of ether oxygens (including phenoxy) is 3. The molecule has 1 aliphatic heterocycles. The van der Waals surface area contributed by atoms with Gasteiger partial charge in [0.05, 0.1) is 24.6 Å². The van der Waals surface area contributed by atoms with Gasteiger partial charge in [0.25, 0.3) is 0 Å². The number of carbonyl (C=O) groups is 1. The molecule has 1 heterocycles. The number of fused-ring (bicyclic) bond motifs is 1. The van der Waals surface area contributed by atoms with E-state index < -0.39 is 10.0 Å². The fourth-order valence-corrected chi connectivity index (χ4v) is 4.44. The zero-order valence-corrected chi connectivity index (χ0v) is 19.5. The van der Waals surface area contributed by atoms with E-state index in [0.717, 1.165) is 11.8 Å². The molecule has 3 rings (SSSR count). The van der Waals surface area contributed by atoms with Gasteiger partial charge >= 0.3 is 0 Å². The molecule has 0 aromatic heterocycles. The Bertz CT molecular complexity index is 1020. The van der Waals surface area contributed by atoms with Crippen molar-refractivity contribution in [2.24, 2.45) is 0 Å². The summed E-state index contributed by atoms with van der Waals surface area (Å²) in [6.07, 6.45) is 1.76. The fraction of sp³-hybridized carbons (Fsp3) is 0.435. The second-order valence-electron chi connectivity index (χ2n) is 7.56. The van der Waals surface area contributed by atoms with Gasteiger partial charge in [-0.1, -0.05) is 6.07 Å². The predicted octanol–water partition coefficient (Wildman–Crippen LogP) is 3.28. The standard InChI is InChI=1S/C23H30N2O6S/c1-4-29-20-10-8-19(9-11-20)25(32(3,27)28)13-5-6-23(26)24-17(2)18-7-12-21-22(16-18)31-15-14-30-21/h7-12,16-17H,4-6,13-15H2,1-3H3,(H,24,26). The molecule has 0 saturated carbocycles. The van der Waals surface area contributed by atoms with Crippen LogP contribution < -0.4 is 23.8 Å². The van der Waals surface area contributed by atoms with E-state index in [1.54, 1.807) is 24.3 Å². The number of hydrogen-bond donors (Lipinski definition) is 1. The third-order valence-electron chi connectivity index (χ3n) is 5.04. The topological polar surface area (TPSA) is 94.2 Å². The van der Waals surface area contributed by atoms with Gasteiger partial charge in [-0.25, -0.2) is 8.42 Å². The van der Waals surface area contributed by atoms with E-state index in [4.69, 9.17) is 14.2 Å². The molecule has 0 fully saturated rings. The van der Waals surface area contributed by atoms with Crippen molar-refractivity contribution in [2.75, 3.05) is 36.9 Å². The second-order valence-corrected chi connectivity index (χ2v) is 9.46. The number of sulfonamides is 1. The van der Waals surface area contributed by atoms with Gasteiger partial charge < -0.3 is 19.5 Å². The van der Waals surface area contributed by atoms with E-state index in [9.17, 15) is 13.2 Å². The first-order valence-corrected chi connectivity index (χ1v) is 12.5. The van der Waals surface area contributed by atoms with Crippen LogP contribution in [-0.4, -0.2) is 46.9 Å². The highest BCUT2D eigenvalue weighted by Gasteiger charge is 2.19. The summed E-state index contributed by atoms with van der Waals surface area (Å²) < 4.78 is 42.4. The van der Waals surface area contributed by atoms with Gasteiger partial charge in [-0.05, 0) is 62.2 Å². The van der Waals surface area contributed by atoms with Crippen LogP contribution >= 0.6 is 0 Å². The Kier molecular flexibility index (Phi) is 7.84. The summed E-state index contributed by atoms with van der Waals surface area (Å²) in [5, 5.41) is 2.96. The lowest BCUT2D eigenvalue weighted by Crippen LogP contribution is -2.32. The van der Waals surface area contributed by atoms with Crippen molar-refractivity contribution in [3.8, 4) is 17.2 Å². The molecule has 0 spiro atoms. The lowest BCUT2D eigenvalue weighted by atomic mass is 10.1. The molecule has 0 radical (unpaired) electrons. The van der Waals surface area contributed by atoms with Crippen molar-refractivity contribution in [1.29, 1.82) is 0 Å². The van der Waals surface area contributed by atoms with Crippen LogP contribution in [0.4, 0.5) is 5.69 Å². The van der Waals surface area contributed by atoms with Crippen LogP contribution in [-0.2, 0) is 14.8 Å². The first-order chi connectivity index (χ1) is 15.3. The Morgan fingerprint density at radius 2 is 1.81 bits per heavy atom. The quantitative estimate of drug-likeness (QED) is 0.582. The monoisotopic (exact) mass is 462 g/mol. The highest BCUT2D eigenvalue weighted by Crippen LogP contribution is 2.32. The largest absolute Gasteiger partial charge is 0.494 e. The van der Waals surface area contributed by atoms with Crippen LogP contribution in [0.2, 0.25) is 0 Å². The van der Waals surface area contributed by atoms with Crippen LogP contribution in [0.25, 0.3) is 0 Å². The summed E-state index contributed by atoms with van der Waals surface area (Å²) in [7, 11) is -3.48. The number of amides is 1. The molecule has 1 atom stereocenters. The van der Waals surface area contributed by atoms with Crippen molar-refractivity contribution >= 4 is 21.6 Å². The summed E-state index contributed by atoms with van der Waals surface area (Å²) in [6, 6.07) is 12.3. The van der Waals surface area contributed by atoms with E-state index in [1.807, 2.05) is 32.0 Å². The average Bonchev–Trinajstić information content (AvgIpc) is 2.76. The van der Waals surface area contributed by atoms with E-state index in [2.05, 4.69) is 5.32 Å². The number of nitrogens with one attached hydrogen (secondary N) is 1. The van der Waals surface area contributed by atoms with Gasteiger partial charge in [0.2, 0.25) is 15.9 Å². The third-order valence-corrected chi connectivity index (χ3v) is 6.24. The lowest BCUT2D eigenvalue weighted by Gasteiger charge is -2.23. The summed E-state index contributed by atoms with van der Waals surface area (Å²) in [4.78, 5) is 12.4. The summed E-state index contributed by atoms with van der Waals surface area (Å²) in [5.74, 6) is 1.91. The number of nitrogens with zero attached hydrogens (tertiary/aromatic N) is 1. The van der Waals surface area contributed by atoms with Crippen LogP contribution in [0, 0.1) is 0 Å². The van der Waals surface area contributed by atoms with Crippen LogP contribution in [0.5, 0.6) is 17.2 Å². The van der Waals surface area contributed by atoms with E-state index >= 15 is 0 Å². The van der Waals surface area contributed by atoms with Crippen molar-refractivity contribution < 1.29 is 27.4 Å². The second kappa shape index (κ2) is 10.6. The summed E-state index contributed by atoms with van der Waals surface area (Å²) >= 11 is 0. The van der Waals surface area contributed by atoms with Crippen molar-refractivity contribution in [3.05, 3.63) is 48.0 Å². The molecule has 8 nitrogen and oxygen atoms in total. The Balaban J connectivity index is 1.54. The molecule has 1 N–H and O–H groups in total. The minimum Gasteiger partial charge on any atom is -0.494 e. The molecule has 1 unspecified atom stereocenters. The van der Waals surface area contributed by atoms with Gasteiger partial charge in [0.15, 0.2) is 11.5 Å². The molecule has 2 aromatic carbocycles. The zero-order chi connectivity index (χ0) is 23.1. The molecule has 2 aromatic rings. The van der Waals surface area contributed by atoms with Crippen molar-refractivity contribution in [2.45, 2.75) is 32.7 Å². The molecule has 1 aliphatic rings. The molecule has 0 bridgehead atoms. The maximum Gasteiger partial charge on any atom is 0.232 e. The smallest absolute Gasteiger partial charge is 0.232 e. The van der Waals surface area contributed by atoms with Gasteiger partial charge in [-0.3, -0.25) is 9.10 Å². The van der Waals surface area contributed by atoms with Crippen LogP contribution in [0.3, 0.4) is 0 Å². The third kappa shape index (κ3) is 6.29. The summed E-state index contributed by atoms with van der Waals surface area (Å²) in [6.45, 7) is 5.55. The molecule has 32 heavy (non-hydrogen) atoms. The van der Waals surface area contributed by atoms with Gasteiger partial charge in [-0.2, -0.15) is 0 Å². The predicted molar refractivity (Wildman–Crippen MR) is 123 cm³/mol. The minimum atomic E-state index is -3.48. The van der Waals surface area contributed by atoms with Gasteiger partial charge in [0, 0.05) is 13.0 Å². The molecular formula is C23H30N2O6S. The van der Waals surface area contributed by atoms with Crippen LogP contribution in [0.1, 0.15) is 38.3 Å². The van der Waals surface area contributed by atoms with Crippen LogP contribution in [0.15, 0.2) is 42.5 Å². The average molecular weight is 463 g/mol. The SMILES string of the molecule is CCOc1ccc(N(CCCC(=O)NC(C)c2ccc3c(c2)OCCO3)S(C)(=O)=O)cc1. The summed E-state index contributed by atoms with van der Waals surface area (Å²) in [5.41, 5.74) is 1.45. The van der Waals surface area contributed by atoms with Crippen molar-refractivity contribution in [1.82, 2.24) is 5.32 Å².